The Kier molecular flexibility index (Phi) is 5.06. The maximum Gasteiger partial charge on any atom is 0.235 e. The quantitative estimate of drug-likeness (QED) is 0.188. The minimum atomic E-state index is -0.205. The molecular weight excluding hydrogens is 558 g/mol. The normalized spacial score (nSPS) is 13.6. The zero-order chi connectivity index (χ0) is 30.6. The van der Waals surface area contributed by atoms with Crippen LogP contribution in [0, 0.1) is 0 Å². The lowest BCUT2D eigenvalue weighted by molar-refractivity contribution is 0.667. The predicted octanol–water partition coefficient (Wildman–Crippen LogP) is 11.0. The molecule has 0 N–H and O–H groups in total. The van der Waals surface area contributed by atoms with Crippen LogP contribution in [0.4, 0.5) is 0 Å². The molecule has 2 heterocycles. The van der Waals surface area contributed by atoms with Crippen molar-refractivity contribution in [3.05, 3.63) is 151 Å². The minimum absolute atomic E-state index is 0.205. The van der Waals surface area contributed by atoms with E-state index in [0.717, 1.165) is 27.7 Å². The summed E-state index contributed by atoms with van der Waals surface area (Å²) in [6.07, 6.45) is 0. The first-order chi connectivity index (χ1) is 22.6. The number of nitrogens with zero attached hydrogens (tertiary/aromatic N) is 3. The van der Waals surface area contributed by atoms with Crippen molar-refractivity contribution in [1.82, 2.24) is 14.5 Å². The van der Waals surface area contributed by atoms with Crippen LogP contribution in [0.3, 0.4) is 0 Å². The molecule has 1 aliphatic rings. The molecule has 46 heavy (non-hydrogen) atoms. The molecule has 0 saturated carbocycles. The van der Waals surface area contributed by atoms with Crippen molar-refractivity contribution in [2.45, 2.75) is 19.3 Å². The number of rotatable bonds is 2. The summed E-state index contributed by atoms with van der Waals surface area (Å²) in [5.74, 6) is 0.688. The number of hydrogen-bond donors (Lipinski definition) is 0. The predicted molar refractivity (Wildman–Crippen MR) is 192 cm³/mol. The molecule has 0 fully saturated rings. The van der Waals surface area contributed by atoms with Crippen molar-refractivity contribution >= 4 is 54.3 Å². The zero-order valence-corrected chi connectivity index (χ0v) is 25.6. The van der Waals surface area contributed by atoms with E-state index >= 15 is 0 Å². The van der Waals surface area contributed by atoms with E-state index < -0.39 is 0 Å². The standard InChI is InChI=1S/C43H29N3/c1-43(2)33-21-11-8-18-29(33)38-39(43)36-28-17-7-6-14-26(28)24-25-32(36)37-31-20-10-13-23-35(31)46(41(37)38)42-44-34-22-12-9-19-30(34)40(45-42)27-15-4-3-5-16-27/h3-25H,1-2H3. The summed E-state index contributed by atoms with van der Waals surface area (Å²) in [6, 6.07) is 50.1. The van der Waals surface area contributed by atoms with Crippen LogP contribution in [-0.2, 0) is 5.41 Å². The molecule has 0 unspecified atom stereocenters. The molecule has 0 radical (unpaired) electrons. The lowest BCUT2D eigenvalue weighted by Crippen LogP contribution is -2.15. The van der Waals surface area contributed by atoms with Crippen LogP contribution < -0.4 is 0 Å². The molecule has 9 aromatic rings. The third-order valence-corrected chi connectivity index (χ3v) is 10.1. The summed E-state index contributed by atoms with van der Waals surface area (Å²) in [4.78, 5) is 10.7. The summed E-state index contributed by atoms with van der Waals surface area (Å²) >= 11 is 0. The van der Waals surface area contributed by atoms with Crippen LogP contribution in [0.5, 0.6) is 0 Å². The van der Waals surface area contributed by atoms with Gasteiger partial charge in [-0.25, -0.2) is 9.97 Å². The van der Waals surface area contributed by atoms with E-state index in [2.05, 4.69) is 158 Å². The van der Waals surface area contributed by atoms with Crippen LogP contribution >= 0.6 is 0 Å². The van der Waals surface area contributed by atoms with E-state index in [4.69, 9.17) is 9.97 Å². The van der Waals surface area contributed by atoms with Gasteiger partial charge in [0.05, 0.1) is 22.2 Å². The lowest BCUT2D eigenvalue weighted by atomic mass is 9.78. The van der Waals surface area contributed by atoms with Crippen molar-refractivity contribution in [3.8, 4) is 28.3 Å². The molecule has 3 nitrogen and oxygen atoms in total. The van der Waals surface area contributed by atoms with Gasteiger partial charge in [-0.2, -0.15) is 0 Å². The van der Waals surface area contributed by atoms with Gasteiger partial charge in [0.2, 0.25) is 5.95 Å². The second kappa shape index (κ2) is 9.12. The van der Waals surface area contributed by atoms with Gasteiger partial charge >= 0.3 is 0 Å². The van der Waals surface area contributed by atoms with Gasteiger partial charge in [0.25, 0.3) is 0 Å². The molecule has 2 aromatic heterocycles. The van der Waals surface area contributed by atoms with Crippen molar-refractivity contribution in [2.75, 3.05) is 0 Å². The van der Waals surface area contributed by atoms with Gasteiger partial charge in [-0.3, -0.25) is 4.57 Å². The Morgan fingerprint density at radius 2 is 1.24 bits per heavy atom. The summed E-state index contributed by atoms with van der Waals surface area (Å²) in [7, 11) is 0. The van der Waals surface area contributed by atoms with E-state index in [1.165, 1.54) is 60.1 Å². The fraction of sp³-hybridized carbons (Fsp3) is 0.0698. The molecule has 0 amide bonds. The zero-order valence-electron chi connectivity index (χ0n) is 25.6. The van der Waals surface area contributed by atoms with E-state index in [1.54, 1.807) is 0 Å². The Hall–Kier alpha value is -5.80. The monoisotopic (exact) mass is 587 g/mol. The van der Waals surface area contributed by atoms with Crippen molar-refractivity contribution < 1.29 is 0 Å². The van der Waals surface area contributed by atoms with Gasteiger partial charge in [-0.15, -0.1) is 0 Å². The smallest absolute Gasteiger partial charge is 0.235 e. The topological polar surface area (TPSA) is 30.7 Å². The fourth-order valence-corrected chi connectivity index (χ4v) is 8.20. The maximum atomic E-state index is 5.41. The number of hydrogen-bond acceptors (Lipinski definition) is 2. The highest BCUT2D eigenvalue weighted by molar-refractivity contribution is 6.31. The van der Waals surface area contributed by atoms with E-state index in [0.29, 0.717) is 5.95 Å². The number of benzene rings is 7. The first kappa shape index (κ1) is 25.5. The largest absolute Gasteiger partial charge is 0.277 e. The molecule has 0 atom stereocenters. The van der Waals surface area contributed by atoms with Gasteiger partial charge in [0.15, 0.2) is 0 Å². The Morgan fingerprint density at radius 3 is 2.11 bits per heavy atom. The summed E-state index contributed by atoms with van der Waals surface area (Å²) in [5.41, 5.74) is 10.3. The highest BCUT2D eigenvalue weighted by atomic mass is 15.2. The molecule has 0 saturated heterocycles. The molecular formula is C43H29N3. The summed E-state index contributed by atoms with van der Waals surface area (Å²) in [5, 5.41) is 8.68. The third kappa shape index (κ3) is 3.27. The molecule has 1 aliphatic carbocycles. The van der Waals surface area contributed by atoms with Gasteiger partial charge in [-0.05, 0) is 50.4 Å². The highest BCUT2D eigenvalue weighted by Gasteiger charge is 2.40. The Bertz CT molecular complexity index is 2720. The summed E-state index contributed by atoms with van der Waals surface area (Å²) < 4.78 is 2.34. The Labute approximate surface area is 266 Å². The Balaban J connectivity index is 1.48. The SMILES string of the molecule is CC1(C)c2ccccc2-c2c1c1c3ccccc3ccc1c1c3ccccc3n(-c3nc(-c4ccccc4)c4ccccc4n3)c21. The van der Waals surface area contributed by atoms with Gasteiger partial charge in [-0.1, -0.05) is 141 Å². The van der Waals surface area contributed by atoms with Gasteiger partial charge in [0, 0.05) is 32.7 Å². The molecule has 0 bridgehead atoms. The molecule has 0 aliphatic heterocycles. The molecule has 0 spiro atoms. The number of para-hydroxylation sites is 2. The van der Waals surface area contributed by atoms with Gasteiger partial charge < -0.3 is 0 Å². The van der Waals surface area contributed by atoms with Crippen LogP contribution in [-0.4, -0.2) is 14.5 Å². The first-order valence-corrected chi connectivity index (χ1v) is 15.9. The van der Waals surface area contributed by atoms with Gasteiger partial charge in [0.1, 0.15) is 0 Å². The molecule has 10 rings (SSSR count). The third-order valence-electron chi connectivity index (χ3n) is 10.1. The summed E-state index contributed by atoms with van der Waals surface area (Å²) in [6.45, 7) is 4.77. The average Bonchev–Trinajstić information content (AvgIpc) is 3.57. The average molecular weight is 588 g/mol. The second-order valence-electron chi connectivity index (χ2n) is 13.0. The van der Waals surface area contributed by atoms with Crippen molar-refractivity contribution in [1.29, 1.82) is 0 Å². The maximum absolute atomic E-state index is 5.41. The lowest BCUT2D eigenvalue weighted by Gasteiger charge is -2.24. The first-order valence-electron chi connectivity index (χ1n) is 15.9. The fourth-order valence-electron chi connectivity index (χ4n) is 8.20. The highest BCUT2D eigenvalue weighted by Crippen LogP contribution is 2.57. The van der Waals surface area contributed by atoms with Crippen molar-refractivity contribution in [2.24, 2.45) is 0 Å². The van der Waals surface area contributed by atoms with E-state index in [9.17, 15) is 0 Å². The Morgan fingerprint density at radius 1 is 0.543 bits per heavy atom. The molecule has 3 heteroatoms. The van der Waals surface area contributed by atoms with Crippen LogP contribution in [0.1, 0.15) is 25.0 Å². The van der Waals surface area contributed by atoms with Crippen LogP contribution in [0.25, 0.3) is 82.6 Å². The van der Waals surface area contributed by atoms with Crippen molar-refractivity contribution in [3.63, 3.8) is 0 Å². The second-order valence-corrected chi connectivity index (χ2v) is 13.0. The number of aromatic nitrogens is 3. The van der Waals surface area contributed by atoms with Crippen LogP contribution in [0.2, 0.25) is 0 Å². The number of fused-ring (bicyclic) bond motifs is 13. The minimum Gasteiger partial charge on any atom is -0.277 e. The van der Waals surface area contributed by atoms with E-state index in [1.807, 2.05) is 0 Å². The molecule has 7 aromatic carbocycles. The van der Waals surface area contributed by atoms with E-state index in [-0.39, 0.29) is 5.41 Å². The molecule has 216 valence electrons. The van der Waals surface area contributed by atoms with Crippen LogP contribution in [0.15, 0.2) is 140 Å².